The molecule has 0 aliphatic carbocycles. The molecule has 4 nitrogen and oxygen atoms in total. The highest BCUT2D eigenvalue weighted by Crippen LogP contribution is 2.48. The lowest BCUT2D eigenvalue weighted by Crippen LogP contribution is -2.42. The fourth-order valence-corrected chi connectivity index (χ4v) is 4.98. The molecule has 2 heterocycles. The monoisotopic (exact) mass is 412 g/mol. The zero-order valence-corrected chi connectivity index (χ0v) is 15.2. The second-order valence-electron chi connectivity index (χ2n) is 6.18. The average Bonchev–Trinajstić information content (AvgIpc) is 3.17. The van der Waals surface area contributed by atoms with Gasteiger partial charge in [-0.25, -0.2) is 0 Å². The van der Waals surface area contributed by atoms with Gasteiger partial charge in [-0.1, -0.05) is 29.8 Å². The van der Waals surface area contributed by atoms with E-state index >= 15 is 0 Å². The summed E-state index contributed by atoms with van der Waals surface area (Å²) in [7, 11) is 0. The van der Waals surface area contributed by atoms with Gasteiger partial charge in [-0.15, -0.1) is 11.8 Å². The Kier molecular flexibility index (Phi) is 4.35. The summed E-state index contributed by atoms with van der Waals surface area (Å²) in [4.78, 5) is 26.8. The van der Waals surface area contributed by atoms with Crippen LogP contribution in [-0.4, -0.2) is 28.5 Å². The van der Waals surface area contributed by atoms with Crippen molar-refractivity contribution in [1.29, 1.82) is 0 Å². The minimum atomic E-state index is -4.63. The van der Waals surface area contributed by atoms with Crippen LogP contribution in [0, 0.1) is 0 Å². The number of thioether (sulfide) groups is 1. The number of fused-ring (bicyclic) bond motifs is 3. The molecule has 0 radical (unpaired) electrons. The first-order chi connectivity index (χ1) is 12.8. The van der Waals surface area contributed by atoms with Crippen molar-refractivity contribution in [3.05, 3.63) is 64.2 Å². The van der Waals surface area contributed by atoms with Crippen molar-refractivity contribution in [1.82, 2.24) is 4.90 Å². The van der Waals surface area contributed by atoms with Gasteiger partial charge in [-0.2, -0.15) is 13.2 Å². The maximum atomic E-state index is 13.0. The van der Waals surface area contributed by atoms with Gasteiger partial charge in [0.15, 0.2) is 0 Å². The van der Waals surface area contributed by atoms with Crippen molar-refractivity contribution in [3.8, 4) is 0 Å². The Hall–Kier alpha value is -2.19. The third kappa shape index (κ3) is 3.06. The number of carbonyl (C=O) groups is 2. The number of rotatable bonds is 2. The Bertz CT molecular complexity index is 950. The van der Waals surface area contributed by atoms with Crippen molar-refractivity contribution in [2.45, 2.75) is 17.6 Å². The average molecular weight is 413 g/mol. The predicted octanol–water partition coefficient (Wildman–Crippen LogP) is 4.57. The van der Waals surface area contributed by atoms with E-state index in [1.165, 1.54) is 22.7 Å². The Morgan fingerprint density at radius 2 is 1.96 bits per heavy atom. The predicted molar refractivity (Wildman–Crippen MR) is 96.7 cm³/mol. The normalized spacial score (nSPS) is 21.2. The molecule has 140 valence electrons. The first-order valence-electron chi connectivity index (χ1n) is 7.98. The maximum Gasteiger partial charge on any atom is 0.417 e. The smallest absolute Gasteiger partial charge is 0.324 e. The molecule has 2 aromatic rings. The van der Waals surface area contributed by atoms with Crippen LogP contribution in [0.2, 0.25) is 5.02 Å². The van der Waals surface area contributed by atoms with Crippen LogP contribution in [-0.2, 0) is 11.0 Å². The van der Waals surface area contributed by atoms with Crippen molar-refractivity contribution in [3.63, 3.8) is 0 Å². The summed E-state index contributed by atoms with van der Waals surface area (Å²) in [5, 5.41) is 1.79. The summed E-state index contributed by atoms with van der Waals surface area (Å²) in [6.07, 6.45) is -4.63. The summed E-state index contributed by atoms with van der Waals surface area (Å²) in [5.74, 6) is -0.398. The standard InChI is InChI=1S/C18H12ClF3N2O2S/c19-13-6-5-9(7-12(13)18(20,21)22)23-15(25)14-8-27-17-11-4-2-1-3-10(11)16(26)24(14)17/h1-7,14,17H,8H2,(H,23,25)/t14-,17-/m0/s1. The van der Waals surface area contributed by atoms with Crippen molar-refractivity contribution in [2.24, 2.45) is 0 Å². The van der Waals surface area contributed by atoms with E-state index in [4.69, 9.17) is 11.6 Å². The minimum absolute atomic E-state index is 0.0191. The lowest BCUT2D eigenvalue weighted by atomic mass is 10.1. The summed E-state index contributed by atoms with van der Waals surface area (Å²) in [6.45, 7) is 0. The van der Waals surface area contributed by atoms with Crippen LogP contribution in [0.15, 0.2) is 42.5 Å². The lowest BCUT2D eigenvalue weighted by molar-refractivity contribution is -0.137. The van der Waals surface area contributed by atoms with E-state index in [1.54, 1.807) is 12.1 Å². The van der Waals surface area contributed by atoms with Gasteiger partial charge in [0, 0.05) is 17.0 Å². The van der Waals surface area contributed by atoms with Crippen molar-refractivity contribution in [2.75, 3.05) is 11.1 Å². The molecule has 1 fully saturated rings. The highest BCUT2D eigenvalue weighted by atomic mass is 35.5. The first kappa shape index (κ1) is 18.2. The van der Waals surface area contributed by atoms with Crippen LogP contribution in [0.3, 0.4) is 0 Å². The topological polar surface area (TPSA) is 49.4 Å². The highest BCUT2D eigenvalue weighted by molar-refractivity contribution is 7.99. The fraction of sp³-hybridized carbons (Fsp3) is 0.222. The molecule has 0 saturated carbocycles. The molecule has 2 aliphatic heterocycles. The third-order valence-corrected chi connectivity index (χ3v) is 6.17. The van der Waals surface area contributed by atoms with Crippen LogP contribution in [0.25, 0.3) is 0 Å². The molecule has 4 rings (SSSR count). The Balaban J connectivity index is 1.56. The minimum Gasteiger partial charge on any atom is -0.324 e. The van der Waals surface area contributed by atoms with Gasteiger partial charge in [0.25, 0.3) is 5.91 Å². The van der Waals surface area contributed by atoms with E-state index in [9.17, 15) is 22.8 Å². The summed E-state index contributed by atoms with van der Waals surface area (Å²) in [6, 6.07) is 9.56. The Morgan fingerprint density at radius 3 is 2.70 bits per heavy atom. The molecule has 1 N–H and O–H groups in total. The molecule has 2 atom stereocenters. The van der Waals surface area contributed by atoms with Gasteiger partial charge in [0.05, 0.1) is 10.6 Å². The summed E-state index contributed by atoms with van der Waals surface area (Å²) in [5.41, 5.74) is 0.367. The number of hydrogen-bond acceptors (Lipinski definition) is 3. The number of nitrogens with one attached hydrogen (secondary N) is 1. The number of benzene rings is 2. The van der Waals surface area contributed by atoms with E-state index in [-0.39, 0.29) is 17.0 Å². The SMILES string of the molecule is O=C(Nc1ccc(Cl)c(C(F)(F)F)c1)[C@@H]1CS[C@H]2c3ccccc3C(=O)N12. The molecule has 0 spiro atoms. The van der Waals surface area contributed by atoms with Gasteiger partial charge in [-0.05, 0) is 29.8 Å². The van der Waals surface area contributed by atoms with Crippen LogP contribution in [0.1, 0.15) is 26.9 Å². The molecule has 0 bridgehead atoms. The van der Waals surface area contributed by atoms with Crippen molar-refractivity contribution >= 4 is 40.9 Å². The van der Waals surface area contributed by atoms with E-state index < -0.39 is 28.7 Å². The molecular formula is C18H12ClF3N2O2S. The number of halogens is 4. The van der Waals surface area contributed by atoms with Crippen LogP contribution in [0.4, 0.5) is 18.9 Å². The molecule has 2 amide bonds. The number of anilines is 1. The number of alkyl halides is 3. The molecule has 1 saturated heterocycles. The van der Waals surface area contributed by atoms with Crippen LogP contribution >= 0.6 is 23.4 Å². The van der Waals surface area contributed by atoms with Gasteiger partial charge in [0.1, 0.15) is 11.4 Å². The summed E-state index contributed by atoms with van der Waals surface area (Å²) >= 11 is 7.06. The molecule has 9 heteroatoms. The largest absolute Gasteiger partial charge is 0.417 e. The van der Waals surface area contributed by atoms with Crippen molar-refractivity contribution < 1.29 is 22.8 Å². The lowest BCUT2D eigenvalue weighted by Gasteiger charge is -2.22. The molecular weight excluding hydrogens is 401 g/mol. The van der Waals surface area contributed by atoms with E-state index in [0.29, 0.717) is 11.3 Å². The van der Waals surface area contributed by atoms with E-state index in [2.05, 4.69) is 5.32 Å². The third-order valence-electron chi connectivity index (χ3n) is 4.53. The number of hydrogen-bond donors (Lipinski definition) is 1. The van der Waals surface area contributed by atoms with Crippen LogP contribution < -0.4 is 5.32 Å². The fourth-order valence-electron chi connectivity index (χ4n) is 3.29. The van der Waals surface area contributed by atoms with Gasteiger partial charge in [-0.3, -0.25) is 9.59 Å². The van der Waals surface area contributed by atoms with Gasteiger partial charge < -0.3 is 10.2 Å². The van der Waals surface area contributed by atoms with Crippen LogP contribution in [0.5, 0.6) is 0 Å². The first-order valence-corrected chi connectivity index (χ1v) is 9.41. The Morgan fingerprint density at radius 1 is 1.22 bits per heavy atom. The quantitative estimate of drug-likeness (QED) is 0.786. The molecule has 2 aromatic carbocycles. The zero-order chi connectivity index (χ0) is 19.3. The second-order valence-corrected chi connectivity index (χ2v) is 7.70. The molecule has 2 aliphatic rings. The zero-order valence-electron chi connectivity index (χ0n) is 13.6. The van der Waals surface area contributed by atoms with Gasteiger partial charge >= 0.3 is 6.18 Å². The number of nitrogens with zero attached hydrogens (tertiary/aromatic N) is 1. The number of amides is 2. The molecule has 27 heavy (non-hydrogen) atoms. The Labute approximate surface area is 161 Å². The van der Waals surface area contributed by atoms with E-state index in [0.717, 1.165) is 17.7 Å². The maximum absolute atomic E-state index is 13.0. The molecule has 0 unspecified atom stereocenters. The summed E-state index contributed by atoms with van der Waals surface area (Å²) < 4.78 is 39.0. The second kappa shape index (κ2) is 6.45. The van der Waals surface area contributed by atoms with E-state index in [1.807, 2.05) is 12.1 Å². The number of carbonyl (C=O) groups excluding carboxylic acids is 2. The highest BCUT2D eigenvalue weighted by Gasteiger charge is 2.48. The van der Waals surface area contributed by atoms with Gasteiger partial charge in [0.2, 0.25) is 5.91 Å². The molecule has 0 aromatic heterocycles.